The second kappa shape index (κ2) is 7.17. The van der Waals surface area contributed by atoms with E-state index < -0.39 is 5.97 Å². The zero-order valence-electron chi connectivity index (χ0n) is 16.3. The van der Waals surface area contributed by atoms with Crippen molar-refractivity contribution in [2.75, 3.05) is 39.3 Å². The summed E-state index contributed by atoms with van der Waals surface area (Å²) in [6, 6.07) is 7.68. The van der Waals surface area contributed by atoms with Crippen LogP contribution in [0.1, 0.15) is 36.2 Å². The Morgan fingerprint density at radius 2 is 1.96 bits per heavy atom. The summed E-state index contributed by atoms with van der Waals surface area (Å²) < 4.78 is 0. The molecule has 3 aliphatic rings. The molecule has 3 fully saturated rings. The van der Waals surface area contributed by atoms with Crippen molar-refractivity contribution in [1.82, 2.24) is 14.7 Å². The number of nitrogens with zero attached hydrogens (tertiary/aromatic N) is 3. The van der Waals surface area contributed by atoms with Crippen LogP contribution in [0.2, 0.25) is 0 Å². The number of benzene rings is 1. The molecule has 0 saturated carbocycles. The smallest absolute Gasteiger partial charge is 0.335 e. The summed E-state index contributed by atoms with van der Waals surface area (Å²) >= 11 is 0. The molecule has 3 saturated heterocycles. The molecule has 2 N–H and O–H groups in total. The van der Waals surface area contributed by atoms with Crippen LogP contribution in [-0.2, 0) is 6.54 Å². The Kier molecular flexibility index (Phi) is 5.01. The van der Waals surface area contributed by atoms with Gasteiger partial charge in [-0.2, -0.15) is 0 Å². The van der Waals surface area contributed by atoms with E-state index in [1.807, 2.05) is 12.1 Å². The summed E-state index contributed by atoms with van der Waals surface area (Å²) in [6.07, 6.45) is 0.624. The van der Waals surface area contributed by atoms with Gasteiger partial charge in [0.05, 0.1) is 17.2 Å². The van der Waals surface area contributed by atoms with E-state index in [1.165, 1.54) is 0 Å². The molecule has 3 heterocycles. The third-order valence-electron chi connectivity index (χ3n) is 6.23. The van der Waals surface area contributed by atoms with E-state index >= 15 is 0 Å². The zero-order chi connectivity index (χ0) is 19.2. The fraction of sp³-hybridized carbons (Fsp3) is 0.667. The Morgan fingerprint density at radius 1 is 1.22 bits per heavy atom. The van der Waals surface area contributed by atoms with Gasteiger partial charge in [0.15, 0.2) is 0 Å². The van der Waals surface area contributed by atoms with Crippen LogP contribution in [-0.4, -0.2) is 87.8 Å². The molecule has 3 aliphatic heterocycles. The summed E-state index contributed by atoms with van der Waals surface area (Å²) in [5.74, 6) is -0.207. The van der Waals surface area contributed by atoms with Gasteiger partial charge < -0.3 is 10.2 Å². The SMILES string of the molecule is CC(C)CN1CC2(CN(Cc3cccc(C(=O)O)c3)C[C@H]3C[C@@H](O)CN32)C1. The number of carboxylic acids is 1. The highest BCUT2D eigenvalue weighted by Gasteiger charge is 2.55. The number of piperazine rings is 1. The van der Waals surface area contributed by atoms with E-state index in [0.29, 0.717) is 17.5 Å². The molecule has 6 nitrogen and oxygen atoms in total. The number of hydrogen-bond acceptors (Lipinski definition) is 5. The lowest BCUT2D eigenvalue weighted by atomic mass is 9.83. The van der Waals surface area contributed by atoms with E-state index in [0.717, 1.165) is 57.8 Å². The molecule has 0 bridgehead atoms. The molecule has 1 aromatic carbocycles. The Bertz CT molecular complexity index is 702. The highest BCUT2D eigenvalue weighted by Crippen LogP contribution is 2.39. The van der Waals surface area contributed by atoms with Crippen LogP contribution in [0.25, 0.3) is 0 Å². The largest absolute Gasteiger partial charge is 0.478 e. The first-order chi connectivity index (χ1) is 12.8. The summed E-state index contributed by atoms with van der Waals surface area (Å²) in [7, 11) is 0. The summed E-state index contributed by atoms with van der Waals surface area (Å²) in [5.41, 5.74) is 1.54. The van der Waals surface area contributed by atoms with Crippen LogP contribution in [0, 0.1) is 5.92 Å². The maximum absolute atomic E-state index is 11.3. The number of carboxylic acid groups (broad SMARTS) is 1. The molecular formula is C21H31N3O3. The highest BCUT2D eigenvalue weighted by atomic mass is 16.4. The summed E-state index contributed by atoms with van der Waals surface area (Å²) in [5, 5.41) is 19.5. The molecule has 0 unspecified atom stereocenters. The quantitative estimate of drug-likeness (QED) is 0.812. The van der Waals surface area contributed by atoms with Crippen molar-refractivity contribution in [2.24, 2.45) is 5.92 Å². The van der Waals surface area contributed by atoms with E-state index in [2.05, 4.69) is 28.5 Å². The third kappa shape index (κ3) is 3.76. The average molecular weight is 373 g/mol. The lowest BCUT2D eigenvalue weighted by molar-refractivity contribution is -0.117. The highest BCUT2D eigenvalue weighted by molar-refractivity contribution is 5.87. The number of aliphatic hydroxyl groups excluding tert-OH is 1. The van der Waals surface area contributed by atoms with Crippen molar-refractivity contribution in [1.29, 1.82) is 0 Å². The van der Waals surface area contributed by atoms with Crippen LogP contribution < -0.4 is 0 Å². The minimum atomic E-state index is -0.875. The Balaban J connectivity index is 1.49. The van der Waals surface area contributed by atoms with Gasteiger partial charge in [-0.05, 0) is 30.0 Å². The molecule has 6 heteroatoms. The molecule has 0 aromatic heterocycles. The van der Waals surface area contributed by atoms with Gasteiger partial charge in [-0.3, -0.25) is 14.7 Å². The van der Waals surface area contributed by atoms with Crippen molar-refractivity contribution < 1.29 is 15.0 Å². The number of aliphatic hydroxyl groups is 1. The number of β-amino-alcohol motifs (C(OH)–C–C–N with tert-alkyl or cyclic N) is 1. The van der Waals surface area contributed by atoms with Crippen molar-refractivity contribution in [3.63, 3.8) is 0 Å². The number of hydrogen-bond donors (Lipinski definition) is 2. The van der Waals surface area contributed by atoms with Gasteiger partial charge in [-0.25, -0.2) is 4.79 Å². The van der Waals surface area contributed by atoms with Crippen molar-refractivity contribution in [2.45, 2.75) is 44.5 Å². The lowest BCUT2D eigenvalue weighted by Crippen LogP contribution is -2.78. The van der Waals surface area contributed by atoms with Gasteiger partial charge in [0.25, 0.3) is 0 Å². The number of rotatable bonds is 5. The molecule has 4 rings (SSSR count). The number of carbonyl (C=O) groups is 1. The predicted molar refractivity (Wildman–Crippen MR) is 104 cm³/mol. The molecule has 2 atom stereocenters. The predicted octanol–water partition coefficient (Wildman–Crippen LogP) is 1.35. The van der Waals surface area contributed by atoms with Gasteiger partial charge in [-0.1, -0.05) is 26.0 Å². The van der Waals surface area contributed by atoms with Gasteiger partial charge in [0.1, 0.15) is 0 Å². The Hall–Kier alpha value is -1.47. The molecule has 0 amide bonds. The van der Waals surface area contributed by atoms with Crippen molar-refractivity contribution >= 4 is 5.97 Å². The standard InChI is InChI=1S/C21H31N3O3/c1-15(2)8-23-13-21(14-23)12-22(10-18-7-19(25)11-24(18)21)9-16-4-3-5-17(6-16)20(26)27/h3-6,15,18-19,25H,7-14H2,1-2H3,(H,26,27)/t18-,19-/m1/s1. The molecule has 1 aromatic rings. The zero-order valence-corrected chi connectivity index (χ0v) is 16.3. The molecule has 0 aliphatic carbocycles. The normalized spacial score (nSPS) is 28.4. The van der Waals surface area contributed by atoms with Crippen molar-refractivity contribution in [3.05, 3.63) is 35.4 Å². The van der Waals surface area contributed by atoms with Crippen LogP contribution in [0.15, 0.2) is 24.3 Å². The molecule has 148 valence electrons. The van der Waals surface area contributed by atoms with Gasteiger partial charge >= 0.3 is 5.97 Å². The average Bonchev–Trinajstić information content (AvgIpc) is 2.94. The summed E-state index contributed by atoms with van der Waals surface area (Å²) in [6.45, 7) is 11.3. The Morgan fingerprint density at radius 3 is 2.67 bits per heavy atom. The topological polar surface area (TPSA) is 67.2 Å². The lowest BCUT2D eigenvalue weighted by Gasteiger charge is -2.61. The fourth-order valence-electron chi connectivity index (χ4n) is 5.41. The first-order valence-corrected chi connectivity index (χ1v) is 10.1. The fourth-order valence-corrected chi connectivity index (χ4v) is 5.41. The minimum absolute atomic E-state index is 0.139. The van der Waals surface area contributed by atoms with Crippen LogP contribution in [0.4, 0.5) is 0 Å². The van der Waals surface area contributed by atoms with Gasteiger partial charge in [-0.15, -0.1) is 0 Å². The molecule has 1 spiro atoms. The molecular weight excluding hydrogens is 342 g/mol. The second-order valence-electron chi connectivity index (χ2n) is 9.16. The van der Waals surface area contributed by atoms with Crippen LogP contribution in [0.3, 0.4) is 0 Å². The second-order valence-corrected chi connectivity index (χ2v) is 9.16. The monoisotopic (exact) mass is 373 g/mol. The minimum Gasteiger partial charge on any atom is -0.478 e. The van der Waals surface area contributed by atoms with E-state index in [9.17, 15) is 15.0 Å². The van der Waals surface area contributed by atoms with Crippen LogP contribution in [0.5, 0.6) is 0 Å². The maximum atomic E-state index is 11.3. The Labute approximate surface area is 161 Å². The first-order valence-electron chi connectivity index (χ1n) is 10.1. The number of likely N-dealkylation sites (tertiary alicyclic amines) is 1. The van der Waals surface area contributed by atoms with E-state index in [1.54, 1.807) is 12.1 Å². The van der Waals surface area contributed by atoms with Gasteiger partial charge in [0, 0.05) is 51.9 Å². The third-order valence-corrected chi connectivity index (χ3v) is 6.23. The van der Waals surface area contributed by atoms with Crippen LogP contribution >= 0.6 is 0 Å². The van der Waals surface area contributed by atoms with E-state index in [4.69, 9.17) is 0 Å². The van der Waals surface area contributed by atoms with Gasteiger partial charge in [0.2, 0.25) is 0 Å². The first kappa shape index (κ1) is 18.9. The van der Waals surface area contributed by atoms with E-state index in [-0.39, 0.29) is 11.6 Å². The molecule has 27 heavy (non-hydrogen) atoms. The maximum Gasteiger partial charge on any atom is 0.335 e. The summed E-state index contributed by atoms with van der Waals surface area (Å²) in [4.78, 5) is 18.8. The number of fused-ring (bicyclic) bond motifs is 2. The van der Waals surface area contributed by atoms with Crippen molar-refractivity contribution in [3.8, 4) is 0 Å². The number of aromatic carboxylic acids is 1. The molecule has 0 radical (unpaired) electrons.